The first-order chi connectivity index (χ1) is 11.6. The summed E-state index contributed by atoms with van der Waals surface area (Å²) in [4.78, 5) is 13.2. The Hall–Kier alpha value is -2.40. The van der Waals surface area contributed by atoms with Crippen molar-refractivity contribution >= 4 is 11.4 Å². The zero-order valence-corrected chi connectivity index (χ0v) is 13.9. The van der Waals surface area contributed by atoms with E-state index in [2.05, 4.69) is 41.4 Å². The van der Waals surface area contributed by atoms with Crippen LogP contribution in [0.5, 0.6) is 0 Å². The molecule has 0 bridgehead atoms. The van der Waals surface area contributed by atoms with E-state index in [1.807, 2.05) is 6.07 Å². The van der Waals surface area contributed by atoms with Crippen molar-refractivity contribution in [2.45, 2.75) is 32.4 Å². The zero-order valence-electron chi connectivity index (χ0n) is 13.9. The highest BCUT2D eigenvalue weighted by Gasteiger charge is 2.15. The minimum absolute atomic E-state index is 0.132. The lowest BCUT2D eigenvalue weighted by Crippen LogP contribution is -2.20. The Labute approximate surface area is 142 Å². The molecule has 24 heavy (non-hydrogen) atoms. The van der Waals surface area contributed by atoms with Gasteiger partial charge >= 0.3 is 0 Å². The summed E-state index contributed by atoms with van der Waals surface area (Å²) in [5, 5.41) is 14.5. The second-order valence-electron chi connectivity index (χ2n) is 6.28. The van der Waals surface area contributed by atoms with Crippen LogP contribution < -0.4 is 10.2 Å². The molecule has 2 aromatic carbocycles. The lowest BCUT2D eigenvalue weighted by molar-refractivity contribution is -0.385. The first-order valence-electron chi connectivity index (χ1n) is 8.46. The predicted molar refractivity (Wildman–Crippen MR) is 96.2 cm³/mol. The smallest absolute Gasteiger partial charge is 0.273 e. The molecule has 0 unspecified atom stereocenters. The molecule has 1 heterocycles. The number of anilines is 1. The topological polar surface area (TPSA) is 58.4 Å². The lowest BCUT2D eigenvalue weighted by Gasteiger charge is -2.20. The minimum Gasteiger partial charge on any atom is -0.372 e. The maximum absolute atomic E-state index is 11.1. The Balaban J connectivity index is 1.68. The van der Waals surface area contributed by atoms with Crippen LogP contribution in [0, 0.1) is 10.1 Å². The van der Waals surface area contributed by atoms with Crippen molar-refractivity contribution in [2.24, 2.45) is 0 Å². The van der Waals surface area contributed by atoms with Crippen molar-refractivity contribution in [3.63, 3.8) is 0 Å². The van der Waals surface area contributed by atoms with E-state index >= 15 is 0 Å². The number of nitro benzene ring substituents is 1. The fourth-order valence-corrected chi connectivity index (χ4v) is 3.19. The summed E-state index contributed by atoms with van der Waals surface area (Å²) in [6.07, 6.45) is 2.52. The largest absolute Gasteiger partial charge is 0.372 e. The molecule has 0 spiro atoms. The Kier molecular flexibility index (Phi) is 5.11. The molecular weight excluding hydrogens is 302 g/mol. The van der Waals surface area contributed by atoms with Crippen LogP contribution in [-0.2, 0) is 6.54 Å². The van der Waals surface area contributed by atoms with E-state index in [0.717, 1.165) is 13.1 Å². The van der Waals surface area contributed by atoms with Gasteiger partial charge in [0, 0.05) is 43.0 Å². The van der Waals surface area contributed by atoms with Gasteiger partial charge in [-0.1, -0.05) is 30.3 Å². The summed E-state index contributed by atoms with van der Waals surface area (Å²) in [5.41, 5.74) is 3.36. The van der Waals surface area contributed by atoms with Gasteiger partial charge in [0.25, 0.3) is 5.69 Å². The van der Waals surface area contributed by atoms with E-state index in [1.54, 1.807) is 18.2 Å². The summed E-state index contributed by atoms with van der Waals surface area (Å²) in [6.45, 7) is 4.83. The predicted octanol–water partition coefficient (Wildman–Crippen LogP) is 4.05. The van der Waals surface area contributed by atoms with Gasteiger partial charge < -0.3 is 10.2 Å². The monoisotopic (exact) mass is 325 g/mol. The van der Waals surface area contributed by atoms with Gasteiger partial charge in [0.15, 0.2) is 0 Å². The van der Waals surface area contributed by atoms with Crippen molar-refractivity contribution in [3.05, 3.63) is 69.8 Å². The van der Waals surface area contributed by atoms with Crippen molar-refractivity contribution in [3.8, 4) is 0 Å². The Morgan fingerprint density at radius 3 is 2.67 bits per heavy atom. The average molecular weight is 325 g/mol. The van der Waals surface area contributed by atoms with E-state index in [0.29, 0.717) is 12.1 Å². The normalized spacial score (nSPS) is 15.5. The summed E-state index contributed by atoms with van der Waals surface area (Å²) < 4.78 is 0. The number of nitrogens with one attached hydrogen (secondary N) is 1. The van der Waals surface area contributed by atoms with Crippen LogP contribution >= 0.6 is 0 Å². The van der Waals surface area contributed by atoms with Crippen LogP contribution in [0.25, 0.3) is 0 Å². The molecule has 5 nitrogen and oxygen atoms in total. The van der Waals surface area contributed by atoms with E-state index in [1.165, 1.54) is 24.1 Å². The van der Waals surface area contributed by atoms with Crippen molar-refractivity contribution < 1.29 is 4.92 Å². The molecule has 0 radical (unpaired) electrons. The number of benzene rings is 2. The highest BCUT2D eigenvalue weighted by molar-refractivity contribution is 5.50. The number of nitro groups is 1. The molecule has 126 valence electrons. The molecule has 0 amide bonds. The highest BCUT2D eigenvalue weighted by Crippen LogP contribution is 2.25. The van der Waals surface area contributed by atoms with Gasteiger partial charge in [-0.15, -0.1) is 0 Å². The highest BCUT2D eigenvalue weighted by atomic mass is 16.6. The number of rotatable bonds is 6. The third kappa shape index (κ3) is 3.74. The third-order valence-corrected chi connectivity index (χ3v) is 4.63. The average Bonchev–Trinajstić information content (AvgIpc) is 3.14. The third-order valence-electron chi connectivity index (χ3n) is 4.63. The molecule has 1 fully saturated rings. The molecule has 5 heteroatoms. The quantitative estimate of drug-likeness (QED) is 0.643. The van der Waals surface area contributed by atoms with Gasteiger partial charge in [-0.2, -0.15) is 0 Å². The Bertz CT molecular complexity index is 711. The first kappa shape index (κ1) is 16.5. The molecule has 0 aromatic heterocycles. The van der Waals surface area contributed by atoms with Gasteiger partial charge in [0.2, 0.25) is 0 Å². The molecule has 1 aliphatic rings. The maximum Gasteiger partial charge on any atom is 0.273 e. The molecule has 1 atom stereocenters. The number of hydrogen-bond acceptors (Lipinski definition) is 4. The SMILES string of the molecule is C[C@@H](NCc1ccccc1[N+](=O)[O-])c1cccc(N2CCCC2)c1. The molecule has 3 rings (SSSR count). The summed E-state index contributed by atoms with van der Waals surface area (Å²) in [6, 6.07) is 15.6. The molecule has 1 saturated heterocycles. The summed E-state index contributed by atoms with van der Waals surface area (Å²) in [5.74, 6) is 0. The van der Waals surface area contributed by atoms with Gasteiger partial charge in [-0.05, 0) is 37.5 Å². The fourth-order valence-electron chi connectivity index (χ4n) is 3.19. The van der Waals surface area contributed by atoms with Gasteiger partial charge in [0.05, 0.1) is 4.92 Å². The van der Waals surface area contributed by atoms with E-state index in [4.69, 9.17) is 0 Å². The van der Waals surface area contributed by atoms with Crippen molar-refractivity contribution in [1.82, 2.24) is 5.32 Å². The van der Waals surface area contributed by atoms with Crippen LogP contribution in [0.3, 0.4) is 0 Å². The molecule has 2 aromatic rings. The molecular formula is C19H23N3O2. The van der Waals surface area contributed by atoms with Crippen LogP contribution in [0.15, 0.2) is 48.5 Å². The van der Waals surface area contributed by atoms with E-state index < -0.39 is 0 Å². The molecule has 0 saturated carbocycles. The standard InChI is InChI=1S/C19H23N3O2/c1-15(20-14-17-7-2-3-10-19(17)22(23)24)16-8-6-9-18(13-16)21-11-4-5-12-21/h2-3,6-10,13,15,20H,4-5,11-12,14H2,1H3/t15-/m1/s1. The van der Waals surface area contributed by atoms with Crippen LogP contribution in [0.4, 0.5) is 11.4 Å². The summed E-state index contributed by atoms with van der Waals surface area (Å²) >= 11 is 0. The maximum atomic E-state index is 11.1. The van der Waals surface area contributed by atoms with Crippen LogP contribution in [0.2, 0.25) is 0 Å². The second-order valence-corrected chi connectivity index (χ2v) is 6.28. The molecule has 1 aliphatic heterocycles. The lowest BCUT2D eigenvalue weighted by atomic mass is 10.1. The molecule has 1 N–H and O–H groups in total. The summed E-state index contributed by atoms with van der Waals surface area (Å²) in [7, 11) is 0. The van der Waals surface area contributed by atoms with Crippen LogP contribution in [-0.4, -0.2) is 18.0 Å². The zero-order chi connectivity index (χ0) is 16.9. The van der Waals surface area contributed by atoms with E-state index in [-0.39, 0.29) is 16.7 Å². The van der Waals surface area contributed by atoms with Gasteiger partial charge in [-0.25, -0.2) is 0 Å². The number of nitrogens with zero attached hydrogens (tertiary/aromatic N) is 2. The first-order valence-corrected chi connectivity index (χ1v) is 8.46. The van der Waals surface area contributed by atoms with Crippen molar-refractivity contribution in [2.75, 3.05) is 18.0 Å². The Morgan fingerprint density at radius 2 is 1.92 bits per heavy atom. The molecule has 0 aliphatic carbocycles. The second kappa shape index (κ2) is 7.45. The van der Waals surface area contributed by atoms with Gasteiger partial charge in [0.1, 0.15) is 0 Å². The number of hydrogen-bond donors (Lipinski definition) is 1. The Morgan fingerprint density at radius 1 is 1.17 bits per heavy atom. The van der Waals surface area contributed by atoms with Crippen molar-refractivity contribution in [1.29, 1.82) is 0 Å². The van der Waals surface area contributed by atoms with Gasteiger partial charge in [-0.3, -0.25) is 10.1 Å². The number of para-hydroxylation sites is 1. The van der Waals surface area contributed by atoms with E-state index in [9.17, 15) is 10.1 Å². The van der Waals surface area contributed by atoms with Crippen LogP contribution in [0.1, 0.15) is 36.9 Å². The minimum atomic E-state index is -0.324. The fraction of sp³-hybridized carbons (Fsp3) is 0.368.